The zero-order valence-corrected chi connectivity index (χ0v) is 11.8. The highest BCUT2D eigenvalue weighted by Crippen LogP contribution is 2.18. The molecule has 0 atom stereocenters. The molecule has 0 saturated carbocycles. The van der Waals surface area contributed by atoms with Crippen LogP contribution in [0.1, 0.15) is 24.2 Å². The second-order valence-electron chi connectivity index (χ2n) is 4.17. The number of carbonyl (C=O) groups is 2. The molecule has 0 spiro atoms. The first-order valence-electron chi connectivity index (χ1n) is 6.40. The van der Waals surface area contributed by atoms with Crippen molar-refractivity contribution in [3.05, 3.63) is 39.7 Å². The summed E-state index contributed by atoms with van der Waals surface area (Å²) >= 11 is 0. The smallest absolute Gasteiger partial charge is 0.305 e. The fourth-order valence-corrected chi connectivity index (χ4v) is 1.74. The average molecular weight is 297 g/mol. The standard InChI is InChI=1S/C13H16FN3O4/c1-3-16(4-2)12(18)8-15-13(19)9-5-6-10(14)11(7-9)17(20)21/h5-7H,3-4,8H2,1-2H3,(H,15,19). The summed E-state index contributed by atoms with van der Waals surface area (Å²) in [5, 5.41) is 13.0. The van der Waals surface area contributed by atoms with E-state index in [-0.39, 0.29) is 18.0 Å². The number of hydrogen-bond donors (Lipinski definition) is 1. The highest BCUT2D eigenvalue weighted by atomic mass is 19.1. The van der Waals surface area contributed by atoms with Gasteiger partial charge in [-0.3, -0.25) is 19.7 Å². The van der Waals surface area contributed by atoms with Crippen molar-refractivity contribution in [1.29, 1.82) is 0 Å². The molecule has 0 aliphatic rings. The topological polar surface area (TPSA) is 92.6 Å². The molecule has 0 aliphatic carbocycles. The van der Waals surface area contributed by atoms with Crippen molar-refractivity contribution in [3.63, 3.8) is 0 Å². The highest BCUT2D eigenvalue weighted by Gasteiger charge is 2.18. The fourth-order valence-electron chi connectivity index (χ4n) is 1.74. The van der Waals surface area contributed by atoms with E-state index in [1.807, 2.05) is 13.8 Å². The van der Waals surface area contributed by atoms with Gasteiger partial charge < -0.3 is 10.2 Å². The molecule has 114 valence electrons. The van der Waals surface area contributed by atoms with E-state index in [1.165, 1.54) is 4.90 Å². The molecule has 0 heterocycles. The maximum Gasteiger partial charge on any atom is 0.305 e. The molecule has 1 rings (SSSR count). The number of halogens is 1. The summed E-state index contributed by atoms with van der Waals surface area (Å²) in [5.74, 6) is -1.95. The van der Waals surface area contributed by atoms with Crippen LogP contribution in [0.3, 0.4) is 0 Å². The van der Waals surface area contributed by atoms with Gasteiger partial charge >= 0.3 is 5.69 Å². The largest absolute Gasteiger partial charge is 0.343 e. The van der Waals surface area contributed by atoms with Gasteiger partial charge in [-0.2, -0.15) is 4.39 Å². The third-order valence-corrected chi connectivity index (χ3v) is 2.92. The first-order chi connectivity index (χ1) is 9.90. The Kier molecular flexibility index (Phi) is 5.77. The first-order valence-corrected chi connectivity index (χ1v) is 6.40. The van der Waals surface area contributed by atoms with Gasteiger partial charge in [-0.1, -0.05) is 0 Å². The zero-order valence-electron chi connectivity index (χ0n) is 11.8. The van der Waals surface area contributed by atoms with Gasteiger partial charge in [-0.15, -0.1) is 0 Å². The second kappa shape index (κ2) is 7.32. The van der Waals surface area contributed by atoms with Crippen molar-refractivity contribution in [2.75, 3.05) is 19.6 Å². The summed E-state index contributed by atoms with van der Waals surface area (Å²) in [7, 11) is 0. The lowest BCUT2D eigenvalue weighted by atomic mass is 10.2. The van der Waals surface area contributed by atoms with Crippen molar-refractivity contribution in [3.8, 4) is 0 Å². The fraction of sp³-hybridized carbons (Fsp3) is 0.385. The van der Waals surface area contributed by atoms with Gasteiger partial charge in [0.2, 0.25) is 11.7 Å². The van der Waals surface area contributed by atoms with Gasteiger partial charge in [-0.05, 0) is 26.0 Å². The van der Waals surface area contributed by atoms with Crippen LogP contribution in [0.25, 0.3) is 0 Å². The minimum absolute atomic E-state index is 0.0737. The Hall–Kier alpha value is -2.51. The first kappa shape index (κ1) is 16.5. The quantitative estimate of drug-likeness (QED) is 0.633. The third-order valence-electron chi connectivity index (χ3n) is 2.92. The number of benzene rings is 1. The van der Waals surface area contributed by atoms with Crippen LogP contribution in [-0.4, -0.2) is 41.3 Å². The lowest BCUT2D eigenvalue weighted by molar-refractivity contribution is -0.387. The second-order valence-corrected chi connectivity index (χ2v) is 4.17. The molecule has 21 heavy (non-hydrogen) atoms. The Bertz CT molecular complexity index is 558. The molecule has 0 aromatic heterocycles. The van der Waals surface area contributed by atoms with Gasteiger partial charge in [-0.25, -0.2) is 0 Å². The van der Waals surface area contributed by atoms with Crippen LogP contribution in [0.2, 0.25) is 0 Å². The zero-order chi connectivity index (χ0) is 16.0. The lowest BCUT2D eigenvalue weighted by Gasteiger charge is -2.18. The van der Waals surface area contributed by atoms with E-state index in [4.69, 9.17) is 0 Å². The molecular formula is C13H16FN3O4. The van der Waals surface area contributed by atoms with Gasteiger partial charge in [0.05, 0.1) is 11.5 Å². The number of nitro groups is 1. The number of amides is 2. The summed E-state index contributed by atoms with van der Waals surface area (Å²) in [4.78, 5) is 34.7. The molecule has 8 heteroatoms. The minimum Gasteiger partial charge on any atom is -0.343 e. The van der Waals surface area contributed by atoms with E-state index in [2.05, 4.69) is 5.32 Å². The predicted octanol–water partition coefficient (Wildman–Crippen LogP) is 1.33. The van der Waals surface area contributed by atoms with Crippen molar-refractivity contribution < 1.29 is 18.9 Å². The number of carbonyl (C=O) groups excluding carboxylic acids is 2. The van der Waals surface area contributed by atoms with E-state index in [0.29, 0.717) is 13.1 Å². The third kappa shape index (κ3) is 4.23. The molecule has 0 fully saturated rings. The van der Waals surface area contributed by atoms with E-state index >= 15 is 0 Å². The van der Waals surface area contributed by atoms with Gasteiger partial charge in [0.25, 0.3) is 5.91 Å². The van der Waals surface area contributed by atoms with Crippen molar-refractivity contribution in [1.82, 2.24) is 10.2 Å². The Morgan fingerprint density at radius 1 is 1.33 bits per heavy atom. The Balaban J connectivity index is 2.75. The van der Waals surface area contributed by atoms with Crippen LogP contribution in [0.4, 0.5) is 10.1 Å². The number of hydrogen-bond acceptors (Lipinski definition) is 4. The van der Waals surface area contributed by atoms with Crippen LogP contribution in [-0.2, 0) is 4.79 Å². The number of rotatable bonds is 6. The van der Waals surface area contributed by atoms with Crippen LogP contribution in [0.5, 0.6) is 0 Å². The van der Waals surface area contributed by atoms with Crippen LogP contribution < -0.4 is 5.32 Å². The van der Waals surface area contributed by atoms with Gasteiger partial charge in [0.1, 0.15) is 0 Å². The maximum absolute atomic E-state index is 13.2. The maximum atomic E-state index is 13.2. The molecule has 1 N–H and O–H groups in total. The Morgan fingerprint density at radius 3 is 2.48 bits per heavy atom. The average Bonchev–Trinajstić information content (AvgIpc) is 2.46. The molecule has 0 bridgehead atoms. The SMILES string of the molecule is CCN(CC)C(=O)CNC(=O)c1ccc(F)c([N+](=O)[O-])c1. The van der Waals surface area contributed by atoms with Gasteiger partial charge in [0, 0.05) is 24.7 Å². The summed E-state index contributed by atoms with van der Waals surface area (Å²) in [6, 6.07) is 2.81. The molecule has 0 radical (unpaired) electrons. The van der Waals surface area contributed by atoms with E-state index in [0.717, 1.165) is 18.2 Å². The van der Waals surface area contributed by atoms with Crippen LogP contribution >= 0.6 is 0 Å². The van der Waals surface area contributed by atoms with Crippen LogP contribution in [0.15, 0.2) is 18.2 Å². The molecule has 1 aromatic rings. The Labute approximate surface area is 120 Å². The lowest BCUT2D eigenvalue weighted by Crippen LogP contribution is -2.40. The molecule has 2 amide bonds. The molecule has 7 nitrogen and oxygen atoms in total. The van der Waals surface area contributed by atoms with E-state index in [9.17, 15) is 24.1 Å². The predicted molar refractivity (Wildman–Crippen MR) is 73.3 cm³/mol. The van der Waals surface area contributed by atoms with Gasteiger partial charge in [0.15, 0.2) is 0 Å². The van der Waals surface area contributed by atoms with E-state index < -0.39 is 22.3 Å². The summed E-state index contributed by atoms with van der Waals surface area (Å²) < 4.78 is 13.2. The number of nitro benzene ring substituents is 1. The molecular weight excluding hydrogens is 281 g/mol. The van der Waals surface area contributed by atoms with Crippen LogP contribution in [0, 0.1) is 15.9 Å². The number of nitrogens with one attached hydrogen (secondary N) is 1. The van der Waals surface area contributed by atoms with Crippen molar-refractivity contribution in [2.45, 2.75) is 13.8 Å². The molecule has 0 aliphatic heterocycles. The highest BCUT2D eigenvalue weighted by molar-refractivity contribution is 5.96. The Morgan fingerprint density at radius 2 is 1.95 bits per heavy atom. The number of nitrogens with zero attached hydrogens (tertiary/aromatic N) is 2. The summed E-state index contributed by atoms with van der Waals surface area (Å²) in [6.07, 6.45) is 0. The number of likely N-dealkylation sites (N-methyl/N-ethyl adjacent to an activating group) is 1. The minimum atomic E-state index is -1.02. The summed E-state index contributed by atoms with van der Waals surface area (Å²) in [5.41, 5.74) is -0.854. The normalized spacial score (nSPS) is 10.0. The van der Waals surface area contributed by atoms with Crippen molar-refractivity contribution in [2.24, 2.45) is 0 Å². The molecule has 0 saturated heterocycles. The monoisotopic (exact) mass is 297 g/mol. The summed E-state index contributed by atoms with van der Waals surface area (Å²) in [6.45, 7) is 4.45. The van der Waals surface area contributed by atoms with Crippen molar-refractivity contribution >= 4 is 17.5 Å². The molecule has 1 aromatic carbocycles. The van der Waals surface area contributed by atoms with E-state index in [1.54, 1.807) is 0 Å². The molecule has 0 unspecified atom stereocenters.